The summed E-state index contributed by atoms with van der Waals surface area (Å²) in [6, 6.07) is 2.92. The van der Waals surface area contributed by atoms with E-state index in [1.807, 2.05) is 0 Å². The maximum atomic E-state index is 13.4. The largest absolute Gasteiger partial charge is 0.415 e. The maximum absolute atomic E-state index is 13.4. The summed E-state index contributed by atoms with van der Waals surface area (Å²) < 4.78 is 38.9. The Morgan fingerprint density at radius 2 is 1.84 bits per heavy atom. The molecule has 0 bridgehead atoms. The molecule has 1 amide bonds. The van der Waals surface area contributed by atoms with Crippen LogP contribution in [0.1, 0.15) is 50.6 Å². The minimum atomic E-state index is -1.38. The topological polar surface area (TPSA) is 166 Å². The second-order valence-electron chi connectivity index (χ2n) is 11.2. The standard InChI is InChI=1S/C29H30F2N6O6/c30-18-7-6-17(13-19(18)31)42-29(41)36-10-8-15(9-11-36)2-1-3-21-34-26(32)22-27(35-21)37(14-33-22)28-24(40)23(39)25(43-28)20(38)12-16-4-5-16/h6-7,13-16,23-25,28,39-40H,2,4-5,8-12H2,(H2,32,34,35)/t23?,24-,25+,28+/m0/s1. The van der Waals surface area contributed by atoms with E-state index in [0.29, 0.717) is 44.7 Å². The van der Waals surface area contributed by atoms with Gasteiger partial charge in [0.15, 0.2) is 35.1 Å². The van der Waals surface area contributed by atoms with E-state index in [4.69, 9.17) is 15.2 Å². The van der Waals surface area contributed by atoms with Crippen LogP contribution in [0.15, 0.2) is 24.5 Å². The molecule has 2 aliphatic heterocycles. The molecule has 1 aromatic carbocycles. The molecule has 2 aromatic heterocycles. The molecule has 6 rings (SSSR count). The maximum Gasteiger partial charge on any atom is 0.415 e. The lowest BCUT2D eigenvalue weighted by molar-refractivity contribution is -0.135. The number of carbonyl (C=O) groups excluding carboxylic acids is 2. The summed E-state index contributed by atoms with van der Waals surface area (Å²) in [5, 5.41) is 21.2. The number of carbonyl (C=O) groups is 2. The first kappa shape index (κ1) is 28.9. The molecule has 0 radical (unpaired) electrons. The number of benzene rings is 1. The highest BCUT2D eigenvalue weighted by Gasteiger charge is 2.48. The third-order valence-electron chi connectivity index (χ3n) is 8.02. The predicted octanol–water partition coefficient (Wildman–Crippen LogP) is 2.33. The Bertz CT molecular complexity index is 1610. The van der Waals surface area contributed by atoms with Crippen LogP contribution in [-0.4, -0.2) is 77.9 Å². The highest BCUT2D eigenvalue weighted by atomic mass is 19.2. The van der Waals surface area contributed by atoms with Gasteiger partial charge in [0.1, 0.15) is 29.6 Å². The number of imidazole rings is 1. The number of nitrogens with two attached hydrogens (primary N) is 1. The van der Waals surface area contributed by atoms with E-state index in [0.717, 1.165) is 25.0 Å². The van der Waals surface area contributed by atoms with Gasteiger partial charge in [-0.2, -0.15) is 0 Å². The highest BCUT2D eigenvalue weighted by molar-refractivity contribution is 5.85. The number of likely N-dealkylation sites (tertiary alicyclic amines) is 1. The predicted molar refractivity (Wildman–Crippen MR) is 146 cm³/mol. The van der Waals surface area contributed by atoms with Crippen LogP contribution < -0.4 is 10.5 Å². The number of fused-ring (bicyclic) bond motifs is 1. The Balaban J connectivity index is 1.07. The van der Waals surface area contributed by atoms with Gasteiger partial charge in [-0.1, -0.05) is 5.92 Å². The quantitative estimate of drug-likeness (QED) is 0.360. The van der Waals surface area contributed by atoms with E-state index in [-0.39, 0.29) is 40.3 Å². The second-order valence-corrected chi connectivity index (χ2v) is 11.2. The second kappa shape index (κ2) is 11.8. The molecule has 226 valence electrons. The van der Waals surface area contributed by atoms with E-state index in [9.17, 15) is 28.6 Å². The third-order valence-corrected chi connectivity index (χ3v) is 8.02. The van der Waals surface area contributed by atoms with E-state index >= 15 is 0 Å². The molecular formula is C29H30F2N6O6. The molecular weight excluding hydrogens is 566 g/mol. The summed E-state index contributed by atoms with van der Waals surface area (Å²) in [6.07, 6.45) is -0.174. The molecule has 43 heavy (non-hydrogen) atoms. The number of aliphatic hydroxyl groups excluding tert-OH is 2. The van der Waals surface area contributed by atoms with E-state index in [1.165, 1.54) is 21.9 Å². The van der Waals surface area contributed by atoms with Crippen molar-refractivity contribution in [2.45, 2.75) is 63.1 Å². The minimum Gasteiger partial charge on any atom is -0.410 e. The lowest BCUT2D eigenvalue weighted by Gasteiger charge is -2.30. The fourth-order valence-electron chi connectivity index (χ4n) is 5.36. The summed E-state index contributed by atoms with van der Waals surface area (Å²) in [5.74, 6) is 4.27. The van der Waals surface area contributed by atoms with Gasteiger partial charge in [0.25, 0.3) is 0 Å². The molecule has 12 nitrogen and oxygen atoms in total. The number of amides is 1. The van der Waals surface area contributed by atoms with Crippen molar-refractivity contribution in [1.29, 1.82) is 0 Å². The number of aliphatic hydroxyl groups is 2. The van der Waals surface area contributed by atoms with Crippen LogP contribution in [0.3, 0.4) is 0 Å². The Morgan fingerprint density at radius 3 is 2.56 bits per heavy atom. The Morgan fingerprint density at radius 1 is 1.07 bits per heavy atom. The van der Waals surface area contributed by atoms with Crippen LogP contribution in [0.5, 0.6) is 5.75 Å². The Labute approximate surface area is 244 Å². The molecule has 3 fully saturated rings. The van der Waals surface area contributed by atoms with Gasteiger partial charge >= 0.3 is 6.09 Å². The number of piperidine rings is 1. The number of hydrogen-bond acceptors (Lipinski definition) is 10. The van der Waals surface area contributed by atoms with Crippen molar-refractivity contribution in [3.8, 4) is 17.6 Å². The van der Waals surface area contributed by atoms with Crippen molar-refractivity contribution in [2.24, 2.45) is 11.8 Å². The first-order chi connectivity index (χ1) is 20.7. The number of halogens is 2. The van der Waals surface area contributed by atoms with E-state index in [1.54, 1.807) is 0 Å². The molecule has 4 atom stereocenters. The lowest BCUT2D eigenvalue weighted by Crippen LogP contribution is -2.40. The molecule has 2 saturated heterocycles. The van der Waals surface area contributed by atoms with E-state index in [2.05, 4.69) is 26.8 Å². The van der Waals surface area contributed by atoms with Crippen molar-refractivity contribution in [1.82, 2.24) is 24.4 Å². The smallest absolute Gasteiger partial charge is 0.410 e. The molecule has 1 aliphatic carbocycles. The van der Waals surface area contributed by atoms with Gasteiger partial charge in [-0.15, -0.1) is 0 Å². The number of hydrogen-bond donors (Lipinski definition) is 3. The number of ketones is 1. The summed E-state index contributed by atoms with van der Waals surface area (Å²) in [6.45, 7) is 0.840. The zero-order valence-electron chi connectivity index (χ0n) is 23.0. The molecule has 4 N–H and O–H groups in total. The zero-order chi connectivity index (χ0) is 30.2. The van der Waals surface area contributed by atoms with Crippen LogP contribution in [-0.2, 0) is 9.53 Å². The SMILES string of the molecule is Nc1nc(C#CCC2CCN(C(=O)Oc3ccc(F)c(F)c3)CC2)nc2c1ncn2[C@@H]1O[C@H](C(=O)CC2CC2)C(O)[C@@H]1O. The summed E-state index contributed by atoms with van der Waals surface area (Å²) in [5.41, 5.74) is 6.62. The van der Waals surface area contributed by atoms with Gasteiger partial charge in [-0.3, -0.25) is 9.36 Å². The van der Waals surface area contributed by atoms with Crippen LogP contribution in [0.4, 0.5) is 19.4 Å². The third kappa shape index (κ3) is 6.15. The van der Waals surface area contributed by atoms with E-state index < -0.39 is 42.3 Å². The van der Waals surface area contributed by atoms with Crippen LogP contribution in [0, 0.1) is 35.3 Å². The van der Waals surface area contributed by atoms with Crippen molar-refractivity contribution in [2.75, 3.05) is 18.8 Å². The highest BCUT2D eigenvalue weighted by Crippen LogP contribution is 2.37. The number of Topliss-reactive ketones (excluding diaryl/α,β-unsaturated/α-hetero) is 1. The summed E-state index contributed by atoms with van der Waals surface area (Å²) in [4.78, 5) is 39.4. The summed E-state index contributed by atoms with van der Waals surface area (Å²) in [7, 11) is 0. The van der Waals surface area contributed by atoms with Crippen molar-refractivity contribution in [3.63, 3.8) is 0 Å². The monoisotopic (exact) mass is 596 g/mol. The van der Waals surface area contributed by atoms with Crippen molar-refractivity contribution in [3.05, 3.63) is 42.0 Å². The molecule has 1 unspecified atom stereocenters. The molecule has 3 aromatic rings. The first-order valence-electron chi connectivity index (χ1n) is 14.1. The van der Waals surface area contributed by atoms with Crippen LogP contribution in [0.2, 0.25) is 0 Å². The summed E-state index contributed by atoms with van der Waals surface area (Å²) >= 11 is 0. The van der Waals surface area contributed by atoms with Gasteiger partial charge < -0.3 is 30.3 Å². The number of rotatable bonds is 6. The normalized spacial score (nSPS) is 24.1. The van der Waals surface area contributed by atoms with Gasteiger partial charge in [0.2, 0.25) is 5.82 Å². The fraction of sp³-hybridized carbons (Fsp3) is 0.483. The zero-order valence-corrected chi connectivity index (χ0v) is 23.0. The van der Waals surface area contributed by atoms with Gasteiger partial charge in [-0.25, -0.2) is 28.5 Å². The van der Waals surface area contributed by atoms with Crippen LogP contribution >= 0.6 is 0 Å². The van der Waals surface area contributed by atoms with Gasteiger partial charge in [-0.05, 0) is 55.6 Å². The average Bonchev–Trinajstić information content (AvgIpc) is 3.62. The Hall–Kier alpha value is -4.19. The number of aromatic nitrogens is 4. The van der Waals surface area contributed by atoms with Gasteiger partial charge in [0.05, 0.1) is 6.33 Å². The molecule has 14 heteroatoms. The molecule has 1 saturated carbocycles. The number of ether oxygens (including phenoxy) is 2. The lowest BCUT2D eigenvalue weighted by atomic mass is 9.94. The molecule has 4 heterocycles. The minimum absolute atomic E-state index is 0.0680. The number of nitrogens with zero attached hydrogens (tertiary/aromatic N) is 5. The Kier molecular flexibility index (Phi) is 7.95. The first-order valence-corrected chi connectivity index (χ1v) is 14.1. The number of nitrogen functional groups attached to an aromatic ring is 1. The van der Waals surface area contributed by atoms with Crippen molar-refractivity contribution >= 4 is 28.9 Å². The average molecular weight is 597 g/mol. The fourth-order valence-corrected chi connectivity index (χ4v) is 5.36. The molecule has 3 aliphatic rings. The molecule has 0 spiro atoms. The number of anilines is 1. The van der Waals surface area contributed by atoms with Crippen LogP contribution in [0.25, 0.3) is 11.2 Å². The van der Waals surface area contributed by atoms with Gasteiger partial charge in [0, 0.05) is 32.0 Å². The van der Waals surface area contributed by atoms with Crippen molar-refractivity contribution < 1.29 is 38.1 Å².